The second-order valence-corrected chi connectivity index (χ2v) is 7.42. The molecule has 1 aliphatic carbocycles. The Morgan fingerprint density at radius 3 is 2.32 bits per heavy atom. The zero-order chi connectivity index (χ0) is 15.9. The predicted octanol–water partition coefficient (Wildman–Crippen LogP) is 1.51. The highest BCUT2D eigenvalue weighted by Crippen LogP contribution is 2.33. The molecule has 0 spiro atoms. The number of benzene rings is 1. The number of nitrogens with two attached hydrogens (primary N) is 1. The van der Waals surface area contributed by atoms with E-state index in [0.717, 1.165) is 31.0 Å². The molecular weight excluding hydrogens is 307 g/mol. The van der Waals surface area contributed by atoms with Crippen LogP contribution in [0.2, 0.25) is 0 Å². The maximum Gasteiger partial charge on any atom is 0.256 e. The monoisotopic (exact) mass is 324 g/mol. The highest BCUT2D eigenvalue weighted by atomic mass is 32.2. The van der Waals surface area contributed by atoms with Crippen LogP contribution in [-0.4, -0.2) is 32.3 Å². The molecule has 2 atom stereocenters. The molecule has 1 aliphatic heterocycles. The summed E-state index contributed by atoms with van der Waals surface area (Å²) >= 11 is 0. The van der Waals surface area contributed by atoms with E-state index in [1.807, 2.05) is 0 Å². The van der Waals surface area contributed by atoms with Crippen LogP contribution in [-0.2, 0) is 10.0 Å². The molecular formula is C15H17FN2O3S. The fourth-order valence-corrected chi connectivity index (χ4v) is 3.74. The Labute approximate surface area is 128 Å². The normalized spacial score (nSPS) is 24.4. The minimum absolute atomic E-state index is 0.238. The Balaban J connectivity index is 1.87. The zero-order valence-electron chi connectivity index (χ0n) is 11.9. The van der Waals surface area contributed by atoms with Crippen LogP contribution < -0.4 is 5.14 Å². The summed E-state index contributed by atoms with van der Waals surface area (Å²) in [6, 6.07) is 3.06. The van der Waals surface area contributed by atoms with E-state index >= 15 is 0 Å². The summed E-state index contributed by atoms with van der Waals surface area (Å²) in [7, 11) is -3.97. The number of hydrogen-bond acceptors (Lipinski definition) is 3. The van der Waals surface area contributed by atoms with Crippen molar-refractivity contribution in [2.24, 2.45) is 17.0 Å². The maximum absolute atomic E-state index is 13.9. The molecule has 5 nitrogen and oxygen atoms in total. The van der Waals surface area contributed by atoms with Gasteiger partial charge in [-0.1, -0.05) is 12.2 Å². The van der Waals surface area contributed by atoms with Gasteiger partial charge in [-0.15, -0.1) is 0 Å². The summed E-state index contributed by atoms with van der Waals surface area (Å²) in [5.74, 6) is -0.403. The van der Waals surface area contributed by atoms with Crippen molar-refractivity contribution in [3.63, 3.8) is 0 Å². The minimum atomic E-state index is -3.97. The molecule has 1 saturated heterocycles. The first-order chi connectivity index (χ1) is 10.4. The van der Waals surface area contributed by atoms with Gasteiger partial charge in [0.15, 0.2) is 0 Å². The third-order valence-corrected chi connectivity index (χ3v) is 5.32. The van der Waals surface area contributed by atoms with Gasteiger partial charge in [-0.05, 0) is 42.9 Å². The maximum atomic E-state index is 13.9. The van der Waals surface area contributed by atoms with Gasteiger partial charge in [-0.3, -0.25) is 4.79 Å². The van der Waals surface area contributed by atoms with Gasteiger partial charge in [0.1, 0.15) is 5.82 Å². The smallest absolute Gasteiger partial charge is 0.256 e. The van der Waals surface area contributed by atoms with Gasteiger partial charge in [0.2, 0.25) is 10.0 Å². The third-order valence-electron chi connectivity index (χ3n) is 4.40. The molecule has 1 amide bonds. The summed E-state index contributed by atoms with van der Waals surface area (Å²) < 4.78 is 36.7. The van der Waals surface area contributed by atoms with Crippen LogP contribution in [0.15, 0.2) is 35.2 Å². The molecule has 22 heavy (non-hydrogen) atoms. The fraction of sp³-hybridized carbons (Fsp3) is 0.400. The molecule has 0 radical (unpaired) electrons. The molecule has 1 aromatic rings. The SMILES string of the molecule is NS(=O)(=O)c1ccc(F)c(C(=O)N2C[C@H]3CC=CC[C@H]3C2)c1. The zero-order valence-corrected chi connectivity index (χ0v) is 12.7. The lowest BCUT2D eigenvalue weighted by Crippen LogP contribution is -2.30. The van der Waals surface area contributed by atoms with Crippen LogP contribution in [0.4, 0.5) is 4.39 Å². The van der Waals surface area contributed by atoms with Crippen molar-refractivity contribution in [1.29, 1.82) is 0 Å². The molecule has 0 aromatic heterocycles. The Bertz CT molecular complexity index is 729. The first-order valence-corrected chi connectivity index (χ1v) is 8.67. The van der Waals surface area contributed by atoms with E-state index in [2.05, 4.69) is 12.2 Å². The number of hydrogen-bond donors (Lipinski definition) is 1. The van der Waals surface area contributed by atoms with Crippen molar-refractivity contribution in [3.8, 4) is 0 Å². The standard InChI is InChI=1S/C15H17FN2O3S/c16-14-6-5-12(22(17,20)21)7-13(14)15(19)18-8-10-3-1-2-4-11(10)9-18/h1-2,5-7,10-11H,3-4,8-9H2,(H2,17,20,21)/t10-,11+. The number of nitrogens with zero attached hydrogens (tertiary/aromatic N) is 1. The van der Waals surface area contributed by atoms with Crippen LogP contribution >= 0.6 is 0 Å². The number of allylic oxidation sites excluding steroid dienone is 2. The molecule has 118 valence electrons. The van der Waals surface area contributed by atoms with Crippen molar-refractivity contribution in [2.75, 3.05) is 13.1 Å². The highest BCUT2D eigenvalue weighted by molar-refractivity contribution is 7.89. The molecule has 3 rings (SSSR count). The third kappa shape index (κ3) is 2.78. The summed E-state index contributed by atoms with van der Waals surface area (Å²) in [5, 5.41) is 5.04. The Kier molecular flexibility index (Phi) is 3.78. The van der Waals surface area contributed by atoms with Crippen LogP contribution in [0.5, 0.6) is 0 Å². The van der Waals surface area contributed by atoms with Gasteiger partial charge < -0.3 is 4.90 Å². The van der Waals surface area contributed by atoms with Crippen LogP contribution in [0.3, 0.4) is 0 Å². The van der Waals surface area contributed by atoms with E-state index in [-0.39, 0.29) is 10.5 Å². The van der Waals surface area contributed by atoms with E-state index < -0.39 is 21.7 Å². The van der Waals surface area contributed by atoms with Gasteiger partial charge in [-0.2, -0.15) is 0 Å². The summed E-state index contributed by atoms with van der Waals surface area (Å²) in [4.78, 5) is 13.9. The Morgan fingerprint density at radius 2 is 1.77 bits per heavy atom. The fourth-order valence-electron chi connectivity index (χ4n) is 3.20. The van der Waals surface area contributed by atoms with E-state index in [0.29, 0.717) is 24.9 Å². The van der Waals surface area contributed by atoms with Gasteiger partial charge in [-0.25, -0.2) is 17.9 Å². The van der Waals surface area contributed by atoms with Gasteiger partial charge in [0.05, 0.1) is 10.5 Å². The number of halogens is 1. The topological polar surface area (TPSA) is 80.5 Å². The molecule has 0 unspecified atom stereocenters. The second-order valence-electron chi connectivity index (χ2n) is 5.86. The molecule has 1 fully saturated rings. The molecule has 2 aliphatic rings. The summed E-state index contributed by atoms with van der Waals surface area (Å²) in [6.45, 7) is 1.15. The first-order valence-electron chi connectivity index (χ1n) is 7.13. The molecule has 1 aromatic carbocycles. The van der Waals surface area contributed by atoms with Gasteiger partial charge >= 0.3 is 0 Å². The molecule has 2 N–H and O–H groups in total. The minimum Gasteiger partial charge on any atom is -0.338 e. The van der Waals surface area contributed by atoms with E-state index in [4.69, 9.17) is 5.14 Å². The highest BCUT2D eigenvalue weighted by Gasteiger charge is 2.36. The summed E-state index contributed by atoms with van der Waals surface area (Å²) in [6.07, 6.45) is 6.07. The van der Waals surface area contributed by atoms with E-state index in [9.17, 15) is 17.6 Å². The summed E-state index contributed by atoms with van der Waals surface area (Å²) in [5.41, 5.74) is -0.238. The molecule has 0 bridgehead atoms. The van der Waals surface area contributed by atoms with Crippen molar-refractivity contribution in [2.45, 2.75) is 17.7 Å². The quantitative estimate of drug-likeness (QED) is 0.837. The predicted molar refractivity (Wildman–Crippen MR) is 79.0 cm³/mol. The first kappa shape index (κ1) is 15.2. The van der Waals surface area contributed by atoms with Crippen LogP contribution in [0.1, 0.15) is 23.2 Å². The van der Waals surface area contributed by atoms with Crippen LogP contribution in [0, 0.1) is 17.7 Å². The number of amides is 1. The molecule has 7 heteroatoms. The average molecular weight is 324 g/mol. The van der Waals surface area contributed by atoms with Crippen molar-refractivity contribution in [1.82, 2.24) is 4.90 Å². The average Bonchev–Trinajstić information content (AvgIpc) is 2.89. The number of carbonyl (C=O) groups excluding carboxylic acids is 1. The number of likely N-dealkylation sites (tertiary alicyclic amines) is 1. The van der Waals surface area contributed by atoms with Crippen molar-refractivity contribution >= 4 is 15.9 Å². The van der Waals surface area contributed by atoms with Gasteiger partial charge in [0, 0.05) is 13.1 Å². The van der Waals surface area contributed by atoms with Crippen LogP contribution in [0.25, 0.3) is 0 Å². The number of primary sulfonamides is 1. The lowest BCUT2D eigenvalue weighted by molar-refractivity contribution is 0.0779. The Morgan fingerprint density at radius 1 is 1.18 bits per heavy atom. The van der Waals surface area contributed by atoms with E-state index in [1.165, 1.54) is 0 Å². The number of rotatable bonds is 2. The number of sulfonamides is 1. The van der Waals surface area contributed by atoms with Crippen molar-refractivity contribution < 1.29 is 17.6 Å². The largest absolute Gasteiger partial charge is 0.338 e. The molecule has 0 saturated carbocycles. The van der Waals surface area contributed by atoms with Gasteiger partial charge in [0.25, 0.3) is 5.91 Å². The van der Waals surface area contributed by atoms with Crippen molar-refractivity contribution in [3.05, 3.63) is 41.7 Å². The number of carbonyl (C=O) groups is 1. The lowest BCUT2D eigenvalue weighted by Gasteiger charge is -2.17. The Hall–Kier alpha value is -1.73. The van der Waals surface area contributed by atoms with E-state index in [1.54, 1.807) is 4.90 Å². The number of fused-ring (bicyclic) bond motifs is 1. The lowest BCUT2D eigenvalue weighted by atomic mass is 9.86. The molecule has 1 heterocycles. The second kappa shape index (κ2) is 5.48.